The number of hydrogen-bond donors (Lipinski definition) is 1. The molecule has 3 aromatic carbocycles. The van der Waals surface area contributed by atoms with E-state index >= 15 is 0 Å². The van der Waals surface area contributed by atoms with Gasteiger partial charge in [0.05, 0.1) is 16.5 Å². The van der Waals surface area contributed by atoms with Crippen LogP contribution in [0.1, 0.15) is 113 Å². The van der Waals surface area contributed by atoms with Crippen LogP contribution in [0, 0.1) is 22.8 Å². The van der Waals surface area contributed by atoms with E-state index in [1.807, 2.05) is 47.8 Å². The maximum atomic E-state index is 12.2. The fourth-order valence-corrected chi connectivity index (χ4v) is 7.70. The van der Waals surface area contributed by atoms with Crippen LogP contribution in [0.2, 0.25) is 0 Å². The van der Waals surface area contributed by atoms with Crippen LogP contribution in [0.4, 0.5) is 0 Å². The van der Waals surface area contributed by atoms with E-state index in [0.717, 1.165) is 65.4 Å². The molecule has 0 amide bonds. The third-order valence-electron chi connectivity index (χ3n) is 11.5. The van der Waals surface area contributed by atoms with Gasteiger partial charge in [0.15, 0.2) is 5.78 Å². The molecule has 0 aliphatic rings. The molecule has 0 unspecified atom stereocenters. The van der Waals surface area contributed by atoms with Gasteiger partial charge in [-0.2, -0.15) is 0 Å². The molecule has 0 aliphatic heterocycles. The Morgan fingerprint density at radius 2 is 1.56 bits per heavy atom. The Bertz CT molecular complexity index is 2240. The number of carbonyl (C=O) groups is 1. The number of ketones is 1. The molecule has 0 saturated heterocycles. The van der Waals surface area contributed by atoms with Crippen molar-refractivity contribution in [2.75, 3.05) is 0 Å². The van der Waals surface area contributed by atoms with Crippen molar-refractivity contribution in [3.05, 3.63) is 101 Å². The van der Waals surface area contributed by atoms with Gasteiger partial charge < -0.3 is 9.52 Å². The van der Waals surface area contributed by atoms with Crippen LogP contribution in [0.3, 0.4) is 0 Å². The van der Waals surface area contributed by atoms with Crippen molar-refractivity contribution in [2.24, 2.45) is 16.7 Å². The molecule has 0 aliphatic carbocycles. The summed E-state index contributed by atoms with van der Waals surface area (Å²) in [6.07, 6.45) is 7.70. The fourth-order valence-electron chi connectivity index (χ4n) is 6.83. The van der Waals surface area contributed by atoms with Gasteiger partial charge in [0.1, 0.15) is 11.3 Å². The molecule has 6 aromatic rings. The predicted molar refractivity (Wildman–Crippen MR) is 227 cm³/mol. The Labute approximate surface area is 340 Å². The molecule has 3 aromatic heterocycles. The monoisotopic (exact) mass is 921 g/mol. The zero-order chi connectivity index (χ0) is 38.7. The molecule has 0 bridgehead atoms. The molecule has 0 saturated carbocycles. The summed E-state index contributed by atoms with van der Waals surface area (Å²) in [5, 5.41) is 15.9. The number of aromatic nitrogens is 1. The molecular formula is C48H58IrNO3S-. The minimum atomic E-state index is -0.337. The molecule has 6 heteroatoms. The second kappa shape index (κ2) is 17.5. The normalized spacial score (nSPS) is 12.6. The number of nitrogens with zero attached hydrogens (tertiary/aromatic N) is 1. The number of hydrogen-bond acceptors (Lipinski definition) is 5. The van der Waals surface area contributed by atoms with Crippen LogP contribution in [0.15, 0.2) is 88.6 Å². The Kier molecular flexibility index (Phi) is 14.0. The number of thiophene rings is 1. The zero-order valence-corrected chi connectivity index (χ0v) is 37.3. The van der Waals surface area contributed by atoms with E-state index in [1.165, 1.54) is 38.2 Å². The third-order valence-corrected chi connectivity index (χ3v) is 12.4. The number of aliphatic hydroxyl groups is 1. The van der Waals surface area contributed by atoms with Gasteiger partial charge in [-0.05, 0) is 77.6 Å². The summed E-state index contributed by atoms with van der Waals surface area (Å²) in [5.41, 5.74) is 8.29. The number of pyridine rings is 1. The molecule has 1 N–H and O–H groups in total. The van der Waals surface area contributed by atoms with Crippen molar-refractivity contribution in [3.63, 3.8) is 0 Å². The molecule has 54 heavy (non-hydrogen) atoms. The van der Waals surface area contributed by atoms with Crippen molar-refractivity contribution in [1.29, 1.82) is 0 Å². The number of furan rings is 1. The predicted octanol–water partition coefficient (Wildman–Crippen LogP) is 14.5. The Morgan fingerprint density at radius 1 is 0.889 bits per heavy atom. The second-order valence-corrected chi connectivity index (χ2v) is 17.5. The first kappa shape index (κ1) is 43.2. The summed E-state index contributed by atoms with van der Waals surface area (Å²) >= 11 is 1.74. The van der Waals surface area contributed by atoms with Gasteiger partial charge in [0.2, 0.25) is 0 Å². The van der Waals surface area contributed by atoms with Crippen molar-refractivity contribution < 1.29 is 34.4 Å². The van der Waals surface area contributed by atoms with Crippen LogP contribution in [-0.2, 0) is 36.7 Å². The number of fused-ring (bicyclic) bond motifs is 3. The first-order valence-electron chi connectivity index (χ1n) is 19.4. The molecule has 0 spiro atoms. The van der Waals surface area contributed by atoms with E-state index < -0.39 is 0 Å². The second-order valence-electron chi connectivity index (χ2n) is 16.6. The molecule has 3 heterocycles. The van der Waals surface area contributed by atoms with Crippen molar-refractivity contribution >= 4 is 49.1 Å². The Morgan fingerprint density at radius 3 is 2.19 bits per heavy atom. The average molecular weight is 921 g/mol. The number of allylic oxidation sites excluding steroid dienone is 2. The standard InChI is InChI=1S/C33H30NOS.C15H28O2.Ir/c1-20(2)14-24-19-35-31-17-22(10-11-26(24)31)27-18-30(34-29-12-13-36-32(27)29)23-15-21-8-6-7-9-25(21)28(16-23)33(3,4)5;1-7-14(5,8-2)12(16)11-13(17)15(6,9-3)10-4;/h6-13,16-20H,14H2,1-5H3;11,16H,7-10H2,1-6H3;/q-1;;/b;12-11-;. The van der Waals surface area contributed by atoms with Gasteiger partial charge in [-0.1, -0.05) is 124 Å². The summed E-state index contributed by atoms with van der Waals surface area (Å²) in [5.74, 6) is 0.879. The molecule has 1 radical (unpaired) electrons. The van der Waals surface area contributed by atoms with E-state index in [1.54, 1.807) is 11.3 Å². The average Bonchev–Trinajstić information content (AvgIpc) is 3.79. The summed E-state index contributed by atoms with van der Waals surface area (Å²) in [7, 11) is 0. The first-order chi connectivity index (χ1) is 25.1. The van der Waals surface area contributed by atoms with Crippen LogP contribution >= 0.6 is 11.3 Å². The minimum Gasteiger partial charge on any atom is -0.512 e. The third kappa shape index (κ3) is 9.10. The Balaban J connectivity index is 0.000000309. The summed E-state index contributed by atoms with van der Waals surface area (Å²) in [6.45, 7) is 23.4. The van der Waals surface area contributed by atoms with E-state index in [9.17, 15) is 9.90 Å². The number of rotatable bonds is 11. The molecule has 4 nitrogen and oxygen atoms in total. The van der Waals surface area contributed by atoms with Gasteiger partial charge in [0.25, 0.3) is 0 Å². The molecule has 0 fully saturated rings. The summed E-state index contributed by atoms with van der Waals surface area (Å²) < 4.78 is 7.20. The number of benzene rings is 3. The van der Waals surface area contributed by atoms with Crippen LogP contribution in [0.5, 0.6) is 0 Å². The van der Waals surface area contributed by atoms with Gasteiger partial charge in [-0.3, -0.25) is 9.78 Å². The first-order valence-corrected chi connectivity index (χ1v) is 20.3. The maximum absolute atomic E-state index is 12.2. The van der Waals surface area contributed by atoms with E-state index in [2.05, 4.69) is 107 Å². The van der Waals surface area contributed by atoms with Crippen LogP contribution < -0.4 is 0 Å². The van der Waals surface area contributed by atoms with Crippen molar-refractivity contribution in [2.45, 2.75) is 114 Å². The maximum Gasteiger partial charge on any atom is 0.164 e. The molecule has 6 rings (SSSR count). The van der Waals surface area contributed by atoms with Crippen molar-refractivity contribution in [1.82, 2.24) is 4.98 Å². The van der Waals surface area contributed by atoms with Crippen LogP contribution in [0.25, 0.3) is 54.3 Å². The topological polar surface area (TPSA) is 63.3 Å². The quantitative estimate of drug-likeness (QED) is 0.0799. The van der Waals surface area contributed by atoms with Gasteiger partial charge in [-0.15, -0.1) is 40.5 Å². The van der Waals surface area contributed by atoms with Gasteiger partial charge in [-0.25, -0.2) is 0 Å². The largest absolute Gasteiger partial charge is 0.512 e. The van der Waals surface area contributed by atoms with E-state index in [0.29, 0.717) is 5.92 Å². The minimum absolute atomic E-state index is 0. The smallest absolute Gasteiger partial charge is 0.164 e. The molecular weight excluding hydrogens is 863 g/mol. The van der Waals surface area contributed by atoms with Crippen molar-refractivity contribution in [3.8, 4) is 22.4 Å². The van der Waals surface area contributed by atoms with Gasteiger partial charge >= 0.3 is 0 Å². The molecule has 289 valence electrons. The summed E-state index contributed by atoms with van der Waals surface area (Å²) in [6, 6.07) is 25.5. The van der Waals surface area contributed by atoms with Crippen LogP contribution in [-0.4, -0.2) is 15.9 Å². The Hall–Kier alpha value is -3.57. The fraction of sp³-hybridized carbons (Fsp3) is 0.417. The number of aliphatic hydroxyl groups excluding tert-OH is 1. The van der Waals surface area contributed by atoms with E-state index in [4.69, 9.17) is 9.40 Å². The zero-order valence-electron chi connectivity index (χ0n) is 34.1. The van der Waals surface area contributed by atoms with E-state index in [-0.39, 0.29) is 47.9 Å². The molecule has 0 atom stereocenters. The van der Waals surface area contributed by atoms with Gasteiger partial charge in [0, 0.05) is 48.1 Å². The SMILES string of the molecule is CC(C)Cc1coc2cc(-c3cc(-c4[c-]c5ccccc5c(C(C)(C)C)c4)nc4ccsc34)ccc12.CCC(C)(CC)C(=O)/C=C(\O)C(C)(CC)CC.[Ir]. The summed E-state index contributed by atoms with van der Waals surface area (Å²) in [4.78, 5) is 17.3. The number of carbonyl (C=O) groups excluding carboxylic acids is 1.